The molecule has 0 fully saturated rings. The van der Waals surface area contributed by atoms with Crippen molar-refractivity contribution in [3.05, 3.63) is 30.0 Å². The molecule has 0 unspecified atom stereocenters. The number of aryl methyl sites for hydroxylation is 1. The number of hydrazine groups is 1. The Balaban J connectivity index is 2.61. The number of para-hydroxylation sites is 1. The fraction of sp³-hybridized carbons (Fsp3) is 0.286. The van der Waals surface area contributed by atoms with Gasteiger partial charge in [0.1, 0.15) is 5.82 Å². The number of aromatic nitrogens is 2. The van der Waals surface area contributed by atoms with E-state index in [1.54, 1.807) is 14.2 Å². The van der Waals surface area contributed by atoms with Gasteiger partial charge in [-0.2, -0.15) is 0 Å². The molecule has 106 valence electrons. The van der Waals surface area contributed by atoms with Crippen molar-refractivity contribution >= 4 is 5.82 Å². The molecular weight excluding hydrogens is 256 g/mol. The number of hydrogen-bond acceptors (Lipinski definition) is 6. The van der Waals surface area contributed by atoms with Gasteiger partial charge in [0.2, 0.25) is 0 Å². The number of nitrogens with two attached hydrogens (primary N) is 1. The molecule has 0 saturated carbocycles. The molecule has 2 aromatic rings. The smallest absolute Gasteiger partial charge is 0.171 e. The van der Waals surface area contributed by atoms with E-state index in [-0.39, 0.29) is 0 Å². The van der Waals surface area contributed by atoms with Crippen LogP contribution in [0.15, 0.2) is 24.3 Å². The van der Waals surface area contributed by atoms with Gasteiger partial charge in [0.25, 0.3) is 0 Å². The minimum absolute atomic E-state index is 0.549. The molecule has 0 bridgehead atoms. The summed E-state index contributed by atoms with van der Waals surface area (Å²) in [5, 5.41) is 0. The maximum atomic E-state index is 5.45. The molecule has 6 heteroatoms. The molecular formula is C14H18N4O2. The van der Waals surface area contributed by atoms with Gasteiger partial charge in [-0.1, -0.05) is 13.0 Å². The molecule has 0 atom stereocenters. The third kappa shape index (κ3) is 2.65. The summed E-state index contributed by atoms with van der Waals surface area (Å²) in [6, 6.07) is 7.40. The van der Waals surface area contributed by atoms with E-state index < -0.39 is 0 Å². The van der Waals surface area contributed by atoms with E-state index in [9.17, 15) is 0 Å². The minimum atomic E-state index is 0.549. The van der Waals surface area contributed by atoms with Crippen LogP contribution in [0.5, 0.6) is 11.5 Å². The lowest BCUT2D eigenvalue weighted by molar-refractivity contribution is 0.356. The van der Waals surface area contributed by atoms with E-state index in [0.717, 1.165) is 17.7 Å². The van der Waals surface area contributed by atoms with Crippen LogP contribution in [0, 0.1) is 0 Å². The summed E-state index contributed by atoms with van der Waals surface area (Å²) >= 11 is 0. The predicted molar refractivity (Wildman–Crippen MR) is 77.8 cm³/mol. The standard InChI is InChI=1S/C14H18N4O2/c1-4-9-8-12(18-15)17-14(16-9)10-6-5-7-11(19-2)13(10)20-3/h5-8H,4,15H2,1-3H3,(H,16,17,18). The lowest BCUT2D eigenvalue weighted by atomic mass is 10.1. The average Bonchev–Trinajstić information content (AvgIpc) is 2.53. The van der Waals surface area contributed by atoms with Gasteiger partial charge in [-0.05, 0) is 18.6 Å². The molecule has 0 aliphatic carbocycles. The highest BCUT2D eigenvalue weighted by Crippen LogP contribution is 2.36. The number of benzene rings is 1. The zero-order chi connectivity index (χ0) is 14.5. The number of nitrogens with zero attached hydrogens (tertiary/aromatic N) is 2. The van der Waals surface area contributed by atoms with Crippen molar-refractivity contribution in [2.45, 2.75) is 13.3 Å². The molecule has 20 heavy (non-hydrogen) atoms. The maximum absolute atomic E-state index is 5.45. The van der Waals surface area contributed by atoms with E-state index in [4.69, 9.17) is 15.3 Å². The van der Waals surface area contributed by atoms with Crippen molar-refractivity contribution in [1.82, 2.24) is 9.97 Å². The first-order chi connectivity index (χ1) is 9.73. The normalized spacial score (nSPS) is 10.2. The van der Waals surface area contributed by atoms with Crippen LogP contribution < -0.4 is 20.7 Å². The lowest BCUT2D eigenvalue weighted by Gasteiger charge is -2.13. The molecule has 0 saturated heterocycles. The Labute approximate surface area is 117 Å². The summed E-state index contributed by atoms with van der Waals surface area (Å²) in [5.74, 6) is 7.81. The topological polar surface area (TPSA) is 82.3 Å². The van der Waals surface area contributed by atoms with E-state index >= 15 is 0 Å². The number of ether oxygens (including phenoxy) is 2. The third-order valence-corrected chi connectivity index (χ3v) is 2.93. The van der Waals surface area contributed by atoms with Crippen molar-refractivity contribution in [3.63, 3.8) is 0 Å². The molecule has 1 heterocycles. The van der Waals surface area contributed by atoms with E-state index in [0.29, 0.717) is 23.1 Å². The van der Waals surface area contributed by atoms with Crippen molar-refractivity contribution in [2.75, 3.05) is 19.6 Å². The molecule has 1 aromatic carbocycles. The molecule has 0 aliphatic rings. The van der Waals surface area contributed by atoms with Gasteiger partial charge in [-0.3, -0.25) is 0 Å². The second kappa shape index (κ2) is 6.21. The van der Waals surface area contributed by atoms with Crippen LogP contribution in [-0.2, 0) is 6.42 Å². The number of hydrogen-bond donors (Lipinski definition) is 2. The number of rotatable bonds is 5. The maximum Gasteiger partial charge on any atom is 0.171 e. The van der Waals surface area contributed by atoms with Gasteiger partial charge >= 0.3 is 0 Å². The Morgan fingerprint density at radius 3 is 2.60 bits per heavy atom. The largest absolute Gasteiger partial charge is 0.493 e. The summed E-state index contributed by atoms with van der Waals surface area (Å²) in [6.45, 7) is 2.02. The van der Waals surface area contributed by atoms with E-state index in [2.05, 4.69) is 15.4 Å². The van der Waals surface area contributed by atoms with Gasteiger partial charge in [0.15, 0.2) is 17.3 Å². The third-order valence-electron chi connectivity index (χ3n) is 2.93. The lowest BCUT2D eigenvalue weighted by Crippen LogP contribution is -2.10. The molecule has 0 aliphatic heterocycles. The second-order valence-corrected chi connectivity index (χ2v) is 4.11. The molecule has 0 radical (unpaired) electrons. The van der Waals surface area contributed by atoms with E-state index in [1.165, 1.54) is 0 Å². The van der Waals surface area contributed by atoms with Crippen LogP contribution in [-0.4, -0.2) is 24.2 Å². The SMILES string of the molecule is CCc1cc(NN)nc(-c2cccc(OC)c2OC)n1. The Kier molecular flexibility index (Phi) is 4.37. The number of methoxy groups -OCH3 is 2. The van der Waals surface area contributed by atoms with Crippen molar-refractivity contribution in [1.29, 1.82) is 0 Å². The number of anilines is 1. The first-order valence-corrected chi connectivity index (χ1v) is 6.29. The average molecular weight is 274 g/mol. The van der Waals surface area contributed by atoms with Gasteiger partial charge in [-0.15, -0.1) is 0 Å². The molecule has 6 nitrogen and oxygen atoms in total. The number of nitrogens with one attached hydrogen (secondary N) is 1. The first-order valence-electron chi connectivity index (χ1n) is 6.29. The quantitative estimate of drug-likeness (QED) is 0.641. The van der Waals surface area contributed by atoms with Crippen molar-refractivity contribution in [3.8, 4) is 22.9 Å². The second-order valence-electron chi connectivity index (χ2n) is 4.11. The summed E-state index contributed by atoms with van der Waals surface area (Å²) < 4.78 is 10.7. The highest BCUT2D eigenvalue weighted by molar-refractivity contribution is 5.69. The monoisotopic (exact) mass is 274 g/mol. The molecule has 3 N–H and O–H groups in total. The Morgan fingerprint density at radius 2 is 2.00 bits per heavy atom. The van der Waals surface area contributed by atoms with Crippen LogP contribution in [0.25, 0.3) is 11.4 Å². The molecule has 2 rings (SSSR count). The Bertz CT molecular complexity index is 579. The van der Waals surface area contributed by atoms with Crippen LogP contribution in [0.3, 0.4) is 0 Å². The Hall–Kier alpha value is -2.34. The minimum Gasteiger partial charge on any atom is -0.493 e. The van der Waals surface area contributed by atoms with E-state index in [1.807, 2.05) is 31.2 Å². The van der Waals surface area contributed by atoms with Crippen LogP contribution in [0.1, 0.15) is 12.6 Å². The summed E-state index contributed by atoms with van der Waals surface area (Å²) in [5.41, 5.74) is 4.21. The molecule has 1 aromatic heterocycles. The summed E-state index contributed by atoms with van der Waals surface area (Å²) in [7, 11) is 3.19. The van der Waals surface area contributed by atoms with Gasteiger partial charge in [0, 0.05) is 11.8 Å². The van der Waals surface area contributed by atoms with Crippen LogP contribution in [0.4, 0.5) is 5.82 Å². The zero-order valence-corrected chi connectivity index (χ0v) is 11.8. The van der Waals surface area contributed by atoms with Crippen molar-refractivity contribution < 1.29 is 9.47 Å². The fourth-order valence-electron chi connectivity index (χ4n) is 1.94. The van der Waals surface area contributed by atoms with Crippen LogP contribution in [0.2, 0.25) is 0 Å². The number of nitrogen functional groups attached to an aromatic ring is 1. The highest BCUT2D eigenvalue weighted by Gasteiger charge is 2.15. The van der Waals surface area contributed by atoms with Gasteiger partial charge in [-0.25, -0.2) is 15.8 Å². The fourth-order valence-corrected chi connectivity index (χ4v) is 1.94. The first kappa shape index (κ1) is 14.1. The van der Waals surface area contributed by atoms with Gasteiger partial charge in [0.05, 0.1) is 19.8 Å². The molecule has 0 spiro atoms. The summed E-state index contributed by atoms with van der Waals surface area (Å²) in [6.07, 6.45) is 0.788. The Morgan fingerprint density at radius 1 is 1.20 bits per heavy atom. The van der Waals surface area contributed by atoms with Crippen molar-refractivity contribution in [2.24, 2.45) is 5.84 Å². The van der Waals surface area contributed by atoms with Crippen LogP contribution >= 0.6 is 0 Å². The zero-order valence-electron chi connectivity index (χ0n) is 11.8. The molecule has 0 amide bonds. The highest BCUT2D eigenvalue weighted by atomic mass is 16.5. The summed E-state index contributed by atoms with van der Waals surface area (Å²) in [4.78, 5) is 8.88. The van der Waals surface area contributed by atoms with Gasteiger partial charge < -0.3 is 14.9 Å². The predicted octanol–water partition coefficient (Wildman–Crippen LogP) is 2.01.